The molecule has 30 heavy (non-hydrogen) atoms. The SMILES string of the molecule is COCCC#CC#Cc1ccc(N(C=O)C(C(=O)OC)C2(OC)CS(=O)(=O)C2)cc1. The molecule has 1 heterocycles. The van der Waals surface area contributed by atoms with Crippen LogP contribution in [0.3, 0.4) is 0 Å². The minimum absolute atomic E-state index is 0.373. The van der Waals surface area contributed by atoms with Gasteiger partial charge in [0.05, 0.1) is 25.2 Å². The summed E-state index contributed by atoms with van der Waals surface area (Å²) in [6.45, 7) is 0.538. The zero-order valence-electron chi connectivity index (χ0n) is 17.0. The number of sulfone groups is 1. The second kappa shape index (κ2) is 10.3. The highest BCUT2D eigenvalue weighted by atomic mass is 32.2. The van der Waals surface area contributed by atoms with Crippen molar-refractivity contribution >= 4 is 27.9 Å². The Balaban J connectivity index is 2.27. The van der Waals surface area contributed by atoms with Crippen molar-refractivity contribution in [3.8, 4) is 23.7 Å². The van der Waals surface area contributed by atoms with Gasteiger partial charge in [-0.25, -0.2) is 13.2 Å². The van der Waals surface area contributed by atoms with Crippen molar-refractivity contribution < 1.29 is 32.2 Å². The first-order valence-corrected chi connectivity index (χ1v) is 10.8. The molecular weight excluding hydrogens is 410 g/mol. The number of methoxy groups -OCH3 is 3. The fourth-order valence-corrected chi connectivity index (χ4v) is 5.09. The maximum atomic E-state index is 12.5. The Morgan fingerprint density at radius 3 is 2.37 bits per heavy atom. The molecular formula is C21H23NO7S. The number of hydrogen-bond donors (Lipinski definition) is 0. The number of hydrogen-bond acceptors (Lipinski definition) is 7. The monoisotopic (exact) mass is 433 g/mol. The maximum absolute atomic E-state index is 12.5. The third-order valence-corrected chi connectivity index (χ3v) is 6.46. The summed E-state index contributed by atoms with van der Waals surface area (Å²) in [6, 6.07) is 5.28. The van der Waals surface area contributed by atoms with Crippen molar-refractivity contribution in [1.82, 2.24) is 0 Å². The van der Waals surface area contributed by atoms with Crippen LogP contribution in [0.1, 0.15) is 12.0 Å². The average Bonchev–Trinajstić information content (AvgIpc) is 2.72. The average molecular weight is 433 g/mol. The molecule has 0 spiro atoms. The Hall–Kier alpha value is -2.85. The number of nitrogens with zero attached hydrogens (tertiary/aromatic N) is 1. The van der Waals surface area contributed by atoms with Crippen LogP contribution in [0.4, 0.5) is 5.69 Å². The molecule has 0 radical (unpaired) electrons. The molecule has 1 unspecified atom stereocenters. The van der Waals surface area contributed by atoms with Crippen LogP contribution in [0.2, 0.25) is 0 Å². The van der Waals surface area contributed by atoms with Gasteiger partial charge in [-0.15, -0.1) is 0 Å². The first-order valence-electron chi connectivity index (χ1n) is 8.97. The lowest BCUT2D eigenvalue weighted by Gasteiger charge is -2.46. The molecule has 0 saturated carbocycles. The number of esters is 1. The van der Waals surface area contributed by atoms with Gasteiger partial charge in [-0.1, -0.05) is 11.8 Å². The molecule has 2 rings (SSSR count). The van der Waals surface area contributed by atoms with E-state index in [4.69, 9.17) is 14.2 Å². The summed E-state index contributed by atoms with van der Waals surface area (Å²) >= 11 is 0. The largest absolute Gasteiger partial charge is 0.467 e. The van der Waals surface area contributed by atoms with Crippen molar-refractivity contribution in [3.05, 3.63) is 29.8 Å². The van der Waals surface area contributed by atoms with Gasteiger partial charge in [-0.2, -0.15) is 0 Å². The second-order valence-corrected chi connectivity index (χ2v) is 8.65. The van der Waals surface area contributed by atoms with Gasteiger partial charge < -0.3 is 14.2 Å². The molecule has 1 saturated heterocycles. The van der Waals surface area contributed by atoms with Gasteiger partial charge in [0.25, 0.3) is 0 Å². The minimum atomic E-state index is -3.35. The number of amides is 1. The zero-order chi connectivity index (χ0) is 22.2. The van der Waals surface area contributed by atoms with Crippen LogP contribution in [0.5, 0.6) is 0 Å². The molecule has 1 aliphatic rings. The third-order valence-electron chi connectivity index (χ3n) is 4.60. The summed E-state index contributed by atoms with van der Waals surface area (Å²) in [4.78, 5) is 25.5. The van der Waals surface area contributed by atoms with Gasteiger partial charge in [0.1, 0.15) is 5.60 Å². The third kappa shape index (κ3) is 5.39. The lowest BCUT2D eigenvalue weighted by Crippen LogP contribution is -2.70. The highest BCUT2D eigenvalue weighted by molar-refractivity contribution is 7.93. The minimum Gasteiger partial charge on any atom is -0.467 e. The van der Waals surface area contributed by atoms with Crippen LogP contribution in [0.15, 0.2) is 24.3 Å². The van der Waals surface area contributed by atoms with E-state index in [1.54, 1.807) is 31.4 Å². The van der Waals surface area contributed by atoms with Crippen molar-refractivity contribution in [2.75, 3.05) is 44.3 Å². The van der Waals surface area contributed by atoms with Gasteiger partial charge >= 0.3 is 5.97 Å². The first-order chi connectivity index (χ1) is 14.3. The van der Waals surface area contributed by atoms with Crippen LogP contribution in [-0.4, -0.2) is 71.9 Å². The van der Waals surface area contributed by atoms with E-state index in [1.807, 2.05) is 0 Å². The van der Waals surface area contributed by atoms with Crippen LogP contribution in [0, 0.1) is 23.7 Å². The van der Waals surface area contributed by atoms with Crippen molar-refractivity contribution in [2.45, 2.75) is 18.1 Å². The predicted octanol–water partition coefficient (Wildman–Crippen LogP) is 0.396. The first kappa shape index (κ1) is 23.4. The molecule has 1 aromatic rings. The smallest absolute Gasteiger partial charge is 0.332 e. The quantitative estimate of drug-likeness (QED) is 0.253. The topological polar surface area (TPSA) is 99.2 Å². The van der Waals surface area contributed by atoms with E-state index >= 15 is 0 Å². The number of benzene rings is 1. The molecule has 160 valence electrons. The molecule has 0 N–H and O–H groups in total. The Morgan fingerprint density at radius 1 is 1.20 bits per heavy atom. The van der Waals surface area contributed by atoms with E-state index in [0.717, 1.165) is 4.90 Å². The summed E-state index contributed by atoms with van der Waals surface area (Å²) < 4.78 is 38.7. The van der Waals surface area contributed by atoms with Crippen molar-refractivity contribution in [3.63, 3.8) is 0 Å². The highest BCUT2D eigenvalue weighted by Gasteiger charge is 2.59. The maximum Gasteiger partial charge on any atom is 0.332 e. The lowest BCUT2D eigenvalue weighted by atomic mass is 9.95. The molecule has 1 aliphatic heterocycles. The normalized spacial score (nSPS) is 16.5. The summed E-state index contributed by atoms with van der Waals surface area (Å²) in [5.74, 6) is 9.63. The van der Waals surface area contributed by atoms with E-state index in [-0.39, 0.29) is 11.5 Å². The Bertz CT molecular complexity index is 982. The summed E-state index contributed by atoms with van der Waals surface area (Å²) in [7, 11) is 0.719. The van der Waals surface area contributed by atoms with Crippen LogP contribution in [0.25, 0.3) is 0 Å². The molecule has 1 atom stereocenters. The predicted molar refractivity (Wildman–Crippen MR) is 110 cm³/mol. The molecule has 1 aromatic carbocycles. The second-order valence-electron chi connectivity index (χ2n) is 6.58. The van der Waals surface area contributed by atoms with Crippen LogP contribution in [-0.2, 0) is 33.6 Å². The highest BCUT2D eigenvalue weighted by Crippen LogP contribution is 2.35. The van der Waals surface area contributed by atoms with E-state index < -0.39 is 27.4 Å². The van der Waals surface area contributed by atoms with Gasteiger partial charge in [0, 0.05) is 31.9 Å². The number of carbonyl (C=O) groups excluding carboxylic acids is 2. The number of carbonyl (C=O) groups is 2. The molecule has 1 fully saturated rings. The van der Waals surface area contributed by atoms with E-state index in [2.05, 4.69) is 23.7 Å². The lowest BCUT2D eigenvalue weighted by molar-refractivity contribution is -0.150. The van der Waals surface area contributed by atoms with Crippen molar-refractivity contribution in [1.29, 1.82) is 0 Å². The molecule has 0 aromatic heterocycles. The van der Waals surface area contributed by atoms with Crippen LogP contribution < -0.4 is 4.90 Å². The summed E-state index contributed by atoms with van der Waals surface area (Å²) in [6.07, 6.45) is 1.04. The summed E-state index contributed by atoms with van der Waals surface area (Å²) in [5, 5.41) is 0. The van der Waals surface area contributed by atoms with E-state index in [9.17, 15) is 18.0 Å². The molecule has 9 heteroatoms. The number of rotatable bonds is 8. The number of ether oxygens (including phenoxy) is 3. The standard InChI is InChI=1S/C21H23NO7S/c1-27-13-7-5-4-6-8-17-9-11-18(12-10-17)22(16-23)19(20(24)28-2)21(29-3)14-30(25,26)15-21/h9-12,16,19H,7,13-15H2,1-3H3. The van der Waals surface area contributed by atoms with Gasteiger partial charge in [-0.3, -0.25) is 9.69 Å². The van der Waals surface area contributed by atoms with E-state index in [0.29, 0.717) is 30.7 Å². The Kier molecular flexibility index (Phi) is 8.01. The fraction of sp³-hybridized carbons (Fsp3) is 0.429. The van der Waals surface area contributed by atoms with Crippen LogP contribution >= 0.6 is 0 Å². The molecule has 1 amide bonds. The molecule has 0 bridgehead atoms. The molecule has 8 nitrogen and oxygen atoms in total. The van der Waals surface area contributed by atoms with Gasteiger partial charge in [-0.05, 0) is 36.1 Å². The van der Waals surface area contributed by atoms with E-state index in [1.165, 1.54) is 14.2 Å². The Morgan fingerprint density at radius 2 is 1.87 bits per heavy atom. The van der Waals surface area contributed by atoms with Gasteiger partial charge in [0.2, 0.25) is 6.41 Å². The Labute approximate surface area is 176 Å². The molecule has 0 aliphatic carbocycles. The zero-order valence-corrected chi connectivity index (χ0v) is 17.8. The number of anilines is 1. The van der Waals surface area contributed by atoms with Crippen molar-refractivity contribution in [2.24, 2.45) is 0 Å². The summed E-state index contributed by atoms with van der Waals surface area (Å²) in [5.41, 5.74) is -0.339. The fourth-order valence-electron chi connectivity index (χ4n) is 3.13. The van der Waals surface area contributed by atoms with Gasteiger partial charge in [0.15, 0.2) is 15.9 Å².